The molecule has 2 aromatic carbocycles. The van der Waals surface area contributed by atoms with Crippen LogP contribution in [0.15, 0.2) is 66.5 Å². The number of benzene rings is 2. The van der Waals surface area contributed by atoms with E-state index in [1.165, 1.54) is 6.20 Å². The first-order chi connectivity index (χ1) is 14.5. The maximum absolute atomic E-state index is 12.9. The lowest BCUT2D eigenvalue weighted by Gasteiger charge is -2.25. The largest absolute Gasteiger partial charge is 0.496 e. The molecule has 1 aliphatic heterocycles. The number of hydrogen-bond acceptors (Lipinski definition) is 5. The SMILES string of the molecule is COc1ccccc1C1C=C(C(=O)O)Nc2c(C(=O)Nc3ccccc3C)cnn21. The van der Waals surface area contributed by atoms with Crippen molar-refractivity contribution in [2.75, 3.05) is 17.7 Å². The van der Waals surface area contributed by atoms with Crippen molar-refractivity contribution in [1.82, 2.24) is 9.78 Å². The highest BCUT2D eigenvalue weighted by Gasteiger charge is 2.30. The smallest absolute Gasteiger partial charge is 0.352 e. The molecule has 3 aromatic rings. The fourth-order valence-electron chi connectivity index (χ4n) is 3.42. The van der Waals surface area contributed by atoms with E-state index in [2.05, 4.69) is 15.7 Å². The number of fused-ring (bicyclic) bond motifs is 1. The fraction of sp³-hybridized carbons (Fsp3) is 0.136. The minimum absolute atomic E-state index is 0.0381. The summed E-state index contributed by atoms with van der Waals surface area (Å²) in [6.45, 7) is 1.89. The van der Waals surface area contributed by atoms with Gasteiger partial charge in [0.05, 0.1) is 13.3 Å². The second kappa shape index (κ2) is 7.75. The van der Waals surface area contributed by atoms with Gasteiger partial charge in [-0.05, 0) is 30.7 Å². The minimum Gasteiger partial charge on any atom is -0.496 e. The number of carboxylic acid groups (broad SMARTS) is 1. The lowest BCUT2D eigenvalue weighted by Crippen LogP contribution is -2.26. The van der Waals surface area contributed by atoms with Gasteiger partial charge in [0.1, 0.15) is 28.9 Å². The van der Waals surface area contributed by atoms with Crippen molar-refractivity contribution < 1.29 is 19.4 Å². The molecule has 30 heavy (non-hydrogen) atoms. The second-order valence-electron chi connectivity index (χ2n) is 6.82. The first-order valence-electron chi connectivity index (χ1n) is 9.29. The van der Waals surface area contributed by atoms with E-state index in [-0.39, 0.29) is 17.2 Å². The Hall–Kier alpha value is -4.07. The number of rotatable bonds is 5. The van der Waals surface area contributed by atoms with Gasteiger partial charge in [0, 0.05) is 11.3 Å². The van der Waals surface area contributed by atoms with E-state index in [1.54, 1.807) is 30.0 Å². The fourth-order valence-corrected chi connectivity index (χ4v) is 3.42. The van der Waals surface area contributed by atoms with Crippen molar-refractivity contribution in [3.63, 3.8) is 0 Å². The van der Waals surface area contributed by atoms with Crippen LogP contribution in [0.2, 0.25) is 0 Å². The van der Waals surface area contributed by atoms with Crippen molar-refractivity contribution in [3.8, 4) is 5.75 Å². The molecular formula is C22H20N4O4. The molecular weight excluding hydrogens is 384 g/mol. The third kappa shape index (κ3) is 3.39. The Bertz CT molecular complexity index is 1170. The topological polar surface area (TPSA) is 105 Å². The van der Waals surface area contributed by atoms with Gasteiger partial charge in [-0.2, -0.15) is 5.10 Å². The number of amides is 1. The summed E-state index contributed by atoms with van der Waals surface area (Å²) in [4.78, 5) is 24.7. The lowest BCUT2D eigenvalue weighted by atomic mass is 10.0. The number of aromatic nitrogens is 2. The predicted octanol–water partition coefficient (Wildman–Crippen LogP) is 3.44. The zero-order valence-corrected chi connectivity index (χ0v) is 16.4. The predicted molar refractivity (Wildman–Crippen MR) is 112 cm³/mol. The van der Waals surface area contributed by atoms with E-state index in [9.17, 15) is 14.7 Å². The summed E-state index contributed by atoms with van der Waals surface area (Å²) < 4.78 is 7.02. The van der Waals surface area contributed by atoms with Gasteiger partial charge in [0.15, 0.2) is 0 Å². The van der Waals surface area contributed by atoms with Crippen LogP contribution in [0.25, 0.3) is 0 Å². The summed E-state index contributed by atoms with van der Waals surface area (Å²) in [5.74, 6) is -0.620. The summed E-state index contributed by atoms with van der Waals surface area (Å²) >= 11 is 0. The Morgan fingerprint density at radius 1 is 1.17 bits per heavy atom. The maximum atomic E-state index is 12.9. The van der Waals surface area contributed by atoms with Crippen molar-refractivity contribution in [3.05, 3.63) is 83.2 Å². The highest BCUT2D eigenvalue weighted by Crippen LogP contribution is 2.36. The number of aryl methyl sites for hydroxylation is 1. The molecule has 0 bridgehead atoms. The van der Waals surface area contributed by atoms with E-state index < -0.39 is 12.0 Å². The van der Waals surface area contributed by atoms with Crippen LogP contribution in [0.5, 0.6) is 5.75 Å². The van der Waals surface area contributed by atoms with Crippen LogP contribution in [-0.4, -0.2) is 33.9 Å². The normalized spacial score (nSPS) is 14.9. The number of carboxylic acids is 1. The summed E-state index contributed by atoms with van der Waals surface area (Å²) in [6, 6.07) is 14.2. The number of nitrogens with zero attached hydrogens (tertiary/aromatic N) is 2. The Balaban J connectivity index is 1.76. The molecule has 0 aliphatic carbocycles. The van der Waals surface area contributed by atoms with Gasteiger partial charge in [0.2, 0.25) is 0 Å². The summed E-state index contributed by atoms with van der Waals surface area (Å²) in [5.41, 5.74) is 2.52. The van der Waals surface area contributed by atoms with Gasteiger partial charge in [-0.15, -0.1) is 0 Å². The maximum Gasteiger partial charge on any atom is 0.352 e. The van der Waals surface area contributed by atoms with Crippen LogP contribution >= 0.6 is 0 Å². The number of hydrogen-bond donors (Lipinski definition) is 3. The molecule has 1 aromatic heterocycles. The number of ether oxygens (including phenoxy) is 1. The van der Waals surface area contributed by atoms with E-state index in [0.717, 1.165) is 11.1 Å². The van der Waals surface area contributed by atoms with Crippen LogP contribution in [-0.2, 0) is 4.79 Å². The van der Waals surface area contributed by atoms with Gasteiger partial charge in [0.25, 0.3) is 5.91 Å². The Morgan fingerprint density at radius 3 is 2.63 bits per heavy atom. The molecule has 4 rings (SSSR count). The monoisotopic (exact) mass is 404 g/mol. The highest BCUT2D eigenvalue weighted by atomic mass is 16.5. The first kappa shape index (κ1) is 19.3. The number of nitrogens with one attached hydrogen (secondary N) is 2. The third-order valence-electron chi connectivity index (χ3n) is 4.96. The second-order valence-corrected chi connectivity index (χ2v) is 6.82. The molecule has 0 fully saturated rings. The van der Waals surface area contributed by atoms with E-state index in [4.69, 9.17) is 4.74 Å². The summed E-state index contributed by atoms with van der Waals surface area (Å²) in [5, 5.41) is 19.7. The van der Waals surface area contributed by atoms with Crippen LogP contribution < -0.4 is 15.4 Å². The van der Waals surface area contributed by atoms with Crippen LogP contribution in [0.4, 0.5) is 11.5 Å². The van der Waals surface area contributed by atoms with Crippen molar-refractivity contribution in [2.45, 2.75) is 13.0 Å². The molecule has 0 spiro atoms. The molecule has 1 amide bonds. The molecule has 0 saturated carbocycles. The van der Waals surface area contributed by atoms with Crippen molar-refractivity contribution in [2.24, 2.45) is 0 Å². The van der Waals surface area contributed by atoms with Gasteiger partial charge in [-0.25, -0.2) is 9.48 Å². The lowest BCUT2D eigenvalue weighted by molar-refractivity contribution is -0.132. The van der Waals surface area contributed by atoms with E-state index in [1.807, 2.05) is 43.3 Å². The summed E-state index contributed by atoms with van der Waals surface area (Å²) in [6.07, 6.45) is 2.97. The average Bonchev–Trinajstić information content (AvgIpc) is 3.19. The zero-order valence-electron chi connectivity index (χ0n) is 16.4. The number of allylic oxidation sites excluding steroid dienone is 1. The van der Waals surface area contributed by atoms with Crippen LogP contribution in [0.3, 0.4) is 0 Å². The number of aliphatic carboxylic acids is 1. The van der Waals surface area contributed by atoms with Crippen LogP contribution in [0, 0.1) is 6.92 Å². The highest BCUT2D eigenvalue weighted by molar-refractivity contribution is 6.08. The Kier molecular flexibility index (Phi) is 4.97. The molecule has 1 unspecified atom stereocenters. The quantitative estimate of drug-likeness (QED) is 0.602. The number of anilines is 2. The third-order valence-corrected chi connectivity index (χ3v) is 4.96. The standard InChI is InChI=1S/C22H20N4O4/c1-13-7-3-5-9-16(13)25-21(27)15-12-23-26-18(11-17(22(28)29)24-20(15)26)14-8-4-6-10-19(14)30-2/h3-12,18,24H,1-2H3,(H,25,27)(H,28,29). The first-order valence-corrected chi connectivity index (χ1v) is 9.29. The molecule has 8 nitrogen and oxygen atoms in total. The van der Waals surface area contributed by atoms with E-state index in [0.29, 0.717) is 17.3 Å². The number of carbonyl (C=O) groups is 2. The average molecular weight is 404 g/mol. The zero-order chi connectivity index (χ0) is 21.3. The van der Waals surface area contributed by atoms with Gasteiger partial charge >= 0.3 is 5.97 Å². The molecule has 3 N–H and O–H groups in total. The molecule has 1 aliphatic rings. The molecule has 0 saturated heterocycles. The number of carbonyl (C=O) groups excluding carboxylic acids is 1. The van der Waals surface area contributed by atoms with Crippen LogP contribution in [0.1, 0.15) is 27.5 Å². The van der Waals surface area contributed by atoms with Crippen molar-refractivity contribution >= 4 is 23.4 Å². The summed E-state index contributed by atoms with van der Waals surface area (Å²) in [7, 11) is 1.55. The van der Waals surface area contributed by atoms with Crippen molar-refractivity contribution in [1.29, 1.82) is 0 Å². The van der Waals surface area contributed by atoms with Gasteiger partial charge in [-0.3, -0.25) is 4.79 Å². The molecule has 1 atom stereocenters. The van der Waals surface area contributed by atoms with E-state index >= 15 is 0 Å². The number of para-hydroxylation sites is 2. The van der Waals surface area contributed by atoms with Gasteiger partial charge < -0.3 is 20.5 Å². The molecule has 152 valence electrons. The molecule has 2 heterocycles. The Morgan fingerprint density at radius 2 is 1.90 bits per heavy atom. The molecule has 8 heteroatoms. The van der Waals surface area contributed by atoms with Gasteiger partial charge in [-0.1, -0.05) is 36.4 Å². The molecule has 0 radical (unpaired) electrons. The number of methoxy groups -OCH3 is 1. The Labute approximate surface area is 172 Å². The minimum atomic E-state index is -1.13.